The first kappa shape index (κ1) is 17.2. The van der Waals surface area contributed by atoms with E-state index in [0.717, 1.165) is 25.2 Å². The predicted molar refractivity (Wildman–Crippen MR) is 92.2 cm³/mol. The number of piperidine rings is 1. The van der Waals surface area contributed by atoms with E-state index in [-0.39, 0.29) is 12.5 Å². The van der Waals surface area contributed by atoms with E-state index in [9.17, 15) is 15.0 Å². The molecule has 2 aliphatic heterocycles. The number of nitrogens with zero attached hydrogens (tertiary/aromatic N) is 3. The molecule has 132 valence electrons. The number of hydrogen-bond donors (Lipinski definition) is 2. The second-order valence-electron chi connectivity index (χ2n) is 7.15. The van der Waals surface area contributed by atoms with Gasteiger partial charge >= 0.3 is 0 Å². The molecule has 0 spiro atoms. The van der Waals surface area contributed by atoms with Crippen molar-refractivity contribution in [3.63, 3.8) is 0 Å². The third-order valence-electron chi connectivity index (χ3n) is 5.49. The summed E-state index contributed by atoms with van der Waals surface area (Å²) in [6.07, 6.45) is 2.46. The molecule has 0 bridgehead atoms. The molecule has 1 saturated heterocycles. The van der Waals surface area contributed by atoms with E-state index in [1.165, 1.54) is 5.56 Å². The number of rotatable bonds is 4. The molecule has 3 heterocycles. The van der Waals surface area contributed by atoms with Crippen LogP contribution in [0.5, 0.6) is 0 Å². The molecule has 0 unspecified atom stereocenters. The lowest BCUT2D eigenvalue weighted by molar-refractivity contribution is -0.0721. The molecule has 1 aromatic rings. The van der Waals surface area contributed by atoms with Crippen molar-refractivity contribution in [3.05, 3.63) is 23.4 Å². The molecule has 6 nitrogen and oxygen atoms in total. The van der Waals surface area contributed by atoms with Crippen molar-refractivity contribution in [2.45, 2.75) is 38.7 Å². The number of fused-ring (bicyclic) bond motifs is 1. The van der Waals surface area contributed by atoms with Gasteiger partial charge in [-0.15, -0.1) is 0 Å². The second kappa shape index (κ2) is 6.69. The Morgan fingerprint density at radius 2 is 2.21 bits per heavy atom. The van der Waals surface area contributed by atoms with Crippen LogP contribution in [-0.2, 0) is 6.42 Å². The molecule has 0 saturated carbocycles. The Balaban J connectivity index is 1.81. The minimum absolute atomic E-state index is 0.105. The highest BCUT2D eigenvalue weighted by Gasteiger charge is 2.43. The maximum atomic E-state index is 12.9. The van der Waals surface area contributed by atoms with Gasteiger partial charge in [-0.3, -0.25) is 4.79 Å². The molecule has 3 rings (SSSR count). The molecule has 2 N–H and O–H groups in total. The van der Waals surface area contributed by atoms with Crippen molar-refractivity contribution >= 4 is 11.7 Å². The summed E-state index contributed by atoms with van der Waals surface area (Å²) in [7, 11) is 1.99. The number of likely N-dealkylation sites (tertiary alicyclic amines) is 1. The van der Waals surface area contributed by atoms with Crippen LogP contribution >= 0.6 is 0 Å². The largest absolute Gasteiger partial charge is 0.396 e. The van der Waals surface area contributed by atoms with E-state index in [2.05, 4.69) is 9.88 Å². The molecule has 1 fully saturated rings. The van der Waals surface area contributed by atoms with Crippen molar-refractivity contribution < 1.29 is 15.0 Å². The summed E-state index contributed by atoms with van der Waals surface area (Å²) < 4.78 is 0. The number of amides is 1. The maximum absolute atomic E-state index is 12.9. The van der Waals surface area contributed by atoms with Crippen LogP contribution in [-0.4, -0.2) is 65.4 Å². The number of aliphatic hydroxyl groups excluding tert-OH is 2. The number of pyridine rings is 1. The second-order valence-corrected chi connectivity index (χ2v) is 7.15. The maximum Gasteiger partial charge on any atom is 0.272 e. The zero-order chi connectivity index (χ0) is 17.3. The van der Waals surface area contributed by atoms with E-state index in [1.54, 1.807) is 11.0 Å². The monoisotopic (exact) mass is 333 g/mol. The average Bonchev–Trinajstić information content (AvgIpc) is 2.97. The summed E-state index contributed by atoms with van der Waals surface area (Å²) in [5, 5.41) is 20.2. The normalized spacial score (nSPS) is 26.6. The Morgan fingerprint density at radius 3 is 2.92 bits per heavy atom. The molecule has 6 heteroatoms. The molecule has 0 aromatic carbocycles. The first-order valence-electron chi connectivity index (χ1n) is 8.80. The van der Waals surface area contributed by atoms with Crippen LogP contribution in [0.25, 0.3) is 0 Å². The number of aromatic nitrogens is 1. The number of aliphatic hydroxyl groups is 2. The molecule has 2 aliphatic rings. The molecule has 1 aromatic heterocycles. The van der Waals surface area contributed by atoms with Crippen LogP contribution in [0.2, 0.25) is 0 Å². The first-order valence-corrected chi connectivity index (χ1v) is 8.80. The highest BCUT2D eigenvalue weighted by atomic mass is 16.3. The predicted octanol–water partition coefficient (Wildman–Crippen LogP) is 1.06. The fourth-order valence-corrected chi connectivity index (χ4v) is 3.98. The number of anilines is 1. The van der Waals surface area contributed by atoms with E-state index >= 15 is 0 Å². The van der Waals surface area contributed by atoms with Gasteiger partial charge in [0.25, 0.3) is 5.91 Å². The van der Waals surface area contributed by atoms with Gasteiger partial charge < -0.3 is 20.0 Å². The quantitative estimate of drug-likeness (QED) is 0.862. The Labute approximate surface area is 143 Å². The number of likely N-dealkylation sites (N-methyl/N-ethyl adjacent to an activating group) is 1. The summed E-state index contributed by atoms with van der Waals surface area (Å²) in [5.41, 5.74) is 1.01. The van der Waals surface area contributed by atoms with Crippen molar-refractivity contribution in [1.82, 2.24) is 9.88 Å². The summed E-state index contributed by atoms with van der Waals surface area (Å²) in [5.74, 6) is 0.777. The van der Waals surface area contributed by atoms with Gasteiger partial charge in [0.1, 0.15) is 11.5 Å². The summed E-state index contributed by atoms with van der Waals surface area (Å²) in [6, 6.07) is 3.79. The van der Waals surface area contributed by atoms with Crippen LogP contribution < -0.4 is 4.90 Å². The Morgan fingerprint density at radius 1 is 1.42 bits per heavy atom. The zero-order valence-corrected chi connectivity index (χ0v) is 14.5. The summed E-state index contributed by atoms with van der Waals surface area (Å²) in [6.45, 7) is 3.74. The smallest absolute Gasteiger partial charge is 0.272 e. The summed E-state index contributed by atoms with van der Waals surface area (Å²) in [4.78, 5) is 21.3. The van der Waals surface area contributed by atoms with E-state index in [0.29, 0.717) is 31.6 Å². The van der Waals surface area contributed by atoms with Gasteiger partial charge in [-0.1, -0.05) is 19.4 Å². The number of carbonyl (C=O) groups excluding carboxylic acids is 1. The van der Waals surface area contributed by atoms with Gasteiger partial charge in [0.2, 0.25) is 0 Å². The molecule has 24 heavy (non-hydrogen) atoms. The molecule has 0 aliphatic carbocycles. The van der Waals surface area contributed by atoms with Crippen molar-refractivity contribution in [1.29, 1.82) is 0 Å². The molecular weight excluding hydrogens is 306 g/mol. The van der Waals surface area contributed by atoms with Crippen LogP contribution in [0.3, 0.4) is 0 Å². The van der Waals surface area contributed by atoms with E-state index < -0.39 is 11.5 Å². The molecule has 1 amide bonds. The van der Waals surface area contributed by atoms with Gasteiger partial charge in [0.15, 0.2) is 0 Å². The lowest BCUT2D eigenvalue weighted by atomic mass is 9.74. The Hall–Kier alpha value is -1.66. The number of hydrogen-bond acceptors (Lipinski definition) is 5. The van der Waals surface area contributed by atoms with Crippen LogP contribution in [0.1, 0.15) is 42.2 Å². The van der Waals surface area contributed by atoms with Crippen molar-refractivity contribution in [2.24, 2.45) is 5.41 Å². The van der Waals surface area contributed by atoms with Crippen LogP contribution in [0.15, 0.2) is 12.1 Å². The van der Waals surface area contributed by atoms with Gasteiger partial charge in [-0.05, 0) is 30.9 Å². The molecule has 2 atom stereocenters. The van der Waals surface area contributed by atoms with Gasteiger partial charge in [0, 0.05) is 32.1 Å². The highest BCUT2D eigenvalue weighted by Crippen LogP contribution is 2.35. The minimum Gasteiger partial charge on any atom is -0.396 e. The van der Waals surface area contributed by atoms with Crippen molar-refractivity contribution in [2.75, 3.05) is 38.2 Å². The van der Waals surface area contributed by atoms with E-state index in [4.69, 9.17) is 0 Å². The SMILES string of the molecule is CCC[C@@]1(CO)CN(C(=O)c2ccc3c(n2)N(C)CC3)CC[C@H]1O. The van der Waals surface area contributed by atoms with Gasteiger partial charge in [-0.2, -0.15) is 0 Å². The molecule has 0 radical (unpaired) electrons. The lowest BCUT2D eigenvalue weighted by Gasteiger charge is -2.45. The standard InChI is InChI=1S/C18H27N3O3/c1-3-8-18(12-22)11-21(10-7-15(18)23)17(24)14-5-4-13-6-9-20(2)16(13)19-14/h4-5,15,22-23H,3,6-12H2,1-2H3/t15-,18+/m1/s1. The van der Waals surface area contributed by atoms with E-state index in [1.807, 2.05) is 20.0 Å². The van der Waals surface area contributed by atoms with Gasteiger partial charge in [-0.25, -0.2) is 4.98 Å². The van der Waals surface area contributed by atoms with Gasteiger partial charge in [0.05, 0.1) is 12.7 Å². The summed E-state index contributed by atoms with van der Waals surface area (Å²) >= 11 is 0. The highest BCUT2D eigenvalue weighted by molar-refractivity contribution is 5.93. The Kier molecular flexibility index (Phi) is 4.78. The lowest BCUT2D eigenvalue weighted by Crippen LogP contribution is -2.55. The Bertz CT molecular complexity index is 622. The third kappa shape index (κ3) is 2.89. The fourth-order valence-electron chi connectivity index (χ4n) is 3.98. The van der Waals surface area contributed by atoms with Crippen LogP contribution in [0.4, 0.5) is 5.82 Å². The number of carbonyl (C=O) groups is 1. The topological polar surface area (TPSA) is 76.9 Å². The average molecular weight is 333 g/mol. The fraction of sp³-hybridized carbons (Fsp3) is 0.667. The third-order valence-corrected chi connectivity index (χ3v) is 5.49. The van der Waals surface area contributed by atoms with Crippen LogP contribution in [0, 0.1) is 5.41 Å². The minimum atomic E-state index is -0.615. The zero-order valence-electron chi connectivity index (χ0n) is 14.5. The molecular formula is C18H27N3O3. The van der Waals surface area contributed by atoms with Crippen molar-refractivity contribution in [3.8, 4) is 0 Å². The first-order chi connectivity index (χ1) is 11.5.